The van der Waals surface area contributed by atoms with Gasteiger partial charge in [0, 0.05) is 5.38 Å². The second kappa shape index (κ2) is 9.78. The number of esters is 1. The first-order valence-electron chi connectivity index (χ1n) is 8.25. The van der Waals surface area contributed by atoms with Crippen molar-refractivity contribution in [2.24, 2.45) is 5.10 Å². The van der Waals surface area contributed by atoms with E-state index in [1.807, 2.05) is 30.5 Å². The maximum Gasteiger partial charge on any atom is 0.311 e. The van der Waals surface area contributed by atoms with Crippen molar-refractivity contribution in [2.45, 2.75) is 33.6 Å². The standard InChI is InChI=1S/C18H23N3O3S/c1-4-8-24-16-7-6-14(13(3)9-16)11-19-21-18-20-15(12-25-18)10-17(22)23-5-2/h6-7,9,11-12H,4-5,8,10H2,1-3H3,(H,20,21). The Balaban J connectivity index is 1.90. The van der Waals surface area contributed by atoms with Gasteiger partial charge in [-0.3, -0.25) is 10.2 Å². The number of ether oxygens (including phenoxy) is 2. The van der Waals surface area contributed by atoms with Crippen molar-refractivity contribution in [3.63, 3.8) is 0 Å². The first-order chi connectivity index (χ1) is 12.1. The minimum absolute atomic E-state index is 0.175. The number of rotatable bonds is 9. The summed E-state index contributed by atoms with van der Waals surface area (Å²) in [6, 6.07) is 5.91. The first-order valence-corrected chi connectivity index (χ1v) is 9.12. The SMILES string of the molecule is CCCOc1ccc(C=NNc2nc(CC(=O)OCC)cs2)c(C)c1. The lowest BCUT2D eigenvalue weighted by Gasteiger charge is -2.07. The van der Waals surface area contributed by atoms with Gasteiger partial charge in [0.25, 0.3) is 0 Å². The van der Waals surface area contributed by atoms with Crippen LogP contribution in [0.4, 0.5) is 5.13 Å². The van der Waals surface area contributed by atoms with Gasteiger partial charge in [-0.25, -0.2) is 4.98 Å². The maximum absolute atomic E-state index is 11.4. The van der Waals surface area contributed by atoms with Crippen molar-refractivity contribution < 1.29 is 14.3 Å². The summed E-state index contributed by atoms with van der Waals surface area (Å²) < 4.78 is 10.5. The highest BCUT2D eigenvalue weighted by Gasteiger charge is 2.08. The second-order valence-electron chi connectivity index (χ2n) is 5.36. The molecule has 1 aromatic heterocycles. The van der Waals surface area contributed by atoms with Gasteiger partial charge >= 0.3 is 5.97 Å². The Hall–Kier alpha value is -2.41. The zero-order valence-electron chi connectivity index (χ0n) is 14.7. The molecular formula is C18H23N3O3S. The number of nitrogens with zero attached hydrogens (tertiary/aromatic N) is 2. The number of hydrogen-bond donors (Lipinski definition) is 1. The number of anilines is 1. The number of aryl methyl sites for hydroxylation is 1. The van der Waals surface area contributed by atoms with E-state index in [1.165, 1.54) is 11.3 Å². The quantitative estimate of drug-likeness (QED) is 0.418. The van der Waals surface area contributed by atoms with Crippen LogP contribution in [0.1, 0.15) is 37.1 Å². The predicted octanol–water partition coefficient (Wildman–Crippen LogP) is 3.79. The zero-order valence-corrected chi connectivity index (χ0v) is 15.6. The van der Waals surface area contributed by atoms with E-state index >= 15 is 0 Å². The van der Waals surface area contributed by atoms with E-state index in [0.717, 1.165) is 23.3 Å². The minimum atomic E-state index is -0.274. The Morgan fingerprint density at radius 3 is 2.96 bits per heavy atom. The highest BCUT2D eigenvalue weighted by Crippen LogP contribution is 2.18. The number of thiazole rings is 1. The lowest BCUT2D eigenvalue weighted by atomic mass is 10.1. The molecule has 6 nitrogen and oxygen atoms in total. The van der Waals surface area contributed by atoms with E-state index in [0.29, 0.717) is 24.0 Å². The van der Waals surface area contributed by atoms with Crippen molar-refractivity contribution in [3.05, 3.63) is 40.4 Å². The summed E-state index contributed by atoms with van der Waals surface area (Å²) >= 11 is 1.40. The van der Waals surface area contributed by atoms with Crippen LogP contribution in [-0.4, -0.2) is 30.4 Å². The summed E-state index contributed by atoms with van der Waals surface area (Å²) in [5.74, 6) is 0.594. The molecule has 7 heteroatoms. The minimum Gasteiger partial charge on any atom is -0.494 e. The molecule has 25 heavy (non-hydrogen) atoms. The predicted molar refractivity (Wildman–Crippen MR) is 101 cm³/mol. The summed E-state index contributed by atoms with van der Waals surface area (Å²) in [6.45, 7) is 6.97. The molecule has 2 rings (SSSR count). The molecule has 2 aromatic rings. The molecule has 0 bridgehead atoms. The van der Waals surface area contributed by atoms with Crippen molar-refractivity contribution >= 4 is 28.7 Å². The fourth-order valence-corrected chi connectivity index (χ4v) is 2.72. The van der Waals surface area contributed by atoms with Crippen LogP contribution in [0.2, 0.25) is 0 Å². The summed E-state index contributed by atoms with van der Waals surface area (Å²) in [6.07, 6.45) is 2.90. The molecular weight excluding hydrogens is 338 g/mol. The molecule has 0 saturated carbocycles. The van der Waals surface area contributed by atoms with Gasteiger partial charge in [0.1, 0.15) is 5.75 Å². The fourth-order valence-electron chi connectivity index (χ4n) is 2.06. The fraction of sp³-hybridized carbons (Fsp3) is 0.389. The van der Waals surface area contributed by atoms with Crippen molar-refractivity contribution in [3.8, 4) is 5.75 Å². The number of nitrogens with one attached hydrogen (secondary N) is 1. The number of carbonyl (C=O) groups excluding carboxylic acids is 1. The van der Waals surface area contributed by atoms with Crippen LogP contribution in [0.3, 0.4) is 0 Å². The number of hydrazone groups is 1. The van der Waals surface area contributed by atoms with Crippen LogP contribution in [0.5, 0.6) is 5.75 Å². The molecule has 0 radical (unpaired) electrons. The molecule has 0 aliphatic heterocycles. The topological polar surface area (TPSA) is 72.8 Å². The lowest BCUT2D eigenvalue weighted by Crippen LogP contribution is -2.07. The summed E-state index contributed by atoms with van der Waals surface area (Å²) in [5.41, 5.74) is 5.65. The number of benzene rings is 1. The molecule has 0 atom stereocenters. The maximum atomic E-state index is 11.4. The van der Waals surface area contributed by atoms with Gasteiger partial charge in [-0.2, -0.15) is 5.10 Å². The Morgan fingerprint density at radius 1 is 1.40 bits per heavy atom. The molecule has 0 amide bonds. The second-order valence-corrected chi connectivity index (χ2v) is 6.22. The van der Waals surface area contributed by atoms with E-state index in [9.17, 15) is 4.79 Å². The van der Waals surface area contributed by atoms with E-state index in [-0.39, 0.29) is 12.4 Å². The van der Waals surface area contributed by atoms with Gasteiger partial charge in [-0.1, -0.05) is 6.92 Å². The number of hydrogen-bond acceptors (Lipinski definition) is 7. The molecule has 0 unspecified atom stereocenters. The van der Waals surface area contributed by atoms with Crippen molar-refractivity contribution in [1.82, 2.24) is 4.98 Å². The van der Waals surface area contributed by atoms with Crippen LogP contribution in [-0.2, 0) is 16.0 Å². The summed E-state index contributed by atoms with van der Waals surface area (Å²) in [4.78, 5) is 15.7. The van der Waals surface area contributed by atoms with Crippen LogP contribution in [0, 0.1) is 6.92 Å². The van der Waals surface area contributed by atoms with Crippen LogP contribution in [0.15, 0.2) is 28.7 Å². The Morgan fingerprint density at radius 2 is 2.24 bits per heavy atom. The van der Waals surface area contributed by atoms with Crippen molar-refractivity contribution in [2.75, 3.05) is 18.6 Å². The summed E-state index contributed by atoms with van der Waals surface area (Å²) in [7, 11) is 0. The molecule has 1 aromatic carbocycles. The molecule has 1 heterocycles. The molecule has 134 valence electrons. The zero-order chi connectivity index (χ0) is 18.1. The van der Waals surface area contributed by atoms with E-state index < -0.39 is 0 Å². The van der Waals surface area contributed by atoms with E-state index in [1.54, 1.807) is 13.1 Å². The third kappa shape index (κ3) is 6.19. The molecule has 1 N–H and O–H groups in total. The molecule has 0 saturated heterocycles. The third-order valence-electron chi connectivity index (χ3n) is 3.26. The Labute approximate surface area is 151 Å². The highest BCUT2D eigenvalue weighted by molar-refractivity contribution is 7.13. The van der Waals surface area contributed by atoms with Gasteiger partial charge in [-0.15, -0.1) is 11.3 Å². The van der Waals surface area contributed by atoms with Crippen LogP contribution < -0.4 is 10.2 Å². The van der Waals surface area contributed by atoms with Crippen LogP contribution >= 0.6 is 11.3 Å². The van der Waals surface area contributed by atoms with Gasteiger partial charge in [0.15, 0.2) is 0 Å². The first kappa shape index (κ1) is 18.9. The van der Waals surface area contributed by atoms with Gasteiger partial charge < -0.3 is 9.47 Å². The Bertz CT molecular complexity index is 728. The van der Waals surface area contributed by atoms with Crippen molar-refractivity contribution in [1.29, 1.82) is 0 Å². The molecule has 0 aliphatic carbocycles. The highest BCUT2D eigenvalue weighted by atomic mass is 32.1. The van der Waals surface area contributed by atoms with Gasteiger partial charge in [0.2, 0.25) is 5.13 Å². The summed E-state index contributed by atoms with van der Waals surface area (Å²) in [5, 5.41) is 6.66. The average Bonchev–Trinajstić information content (AvgIpc) is 3.02. The average molecular weight is 361 g/mol. The molecule has 0 spiro atoms. The van der Waals surface area contributed by atoms with Gasteiger partial charge in [0.05, 0.1) is 31.5 Å². The monoisotopic (exact) mass is 361 g/mol. The Kier molecular flexibility index (Phi) is 7.40. The van der Waals surface area contributed by atoms with Crippen LogP contribution in [0.25, 0.3) is 0 Å². The lowest BCUT2D eigenvalue weighted by molar-refractivity contribution is -0.142. The third-order valence-corrected chi connectivity index (χ3v) is 4.06. The van der Waals surface area contributed by atoms with Gasteiger partial charge in [-0.05, 0) is 49.6 Å². The number of aromatic nitrogens is 1. The smallest absolute Gasteiger partial charge is 0.311 e. The number of carbonyl (C=O) groups is 1. The normalized spacial score (nSPS) is 10.8. The molecule has 0 aliphatic rings. The van der Waals surface area contributed by atoms with E-state index in [2.05, 4.69) is 22.4 Å². The van der Waals surface area contributed by atoms with E-state index in [4.69, 9.17) is 9.47 Å². The largest absolute Gasteiger partial charge is 0.494 e. The molecule has 0 fully saturated rings.